The standard InChI is InChI=1S/C20H26BrN3O3/c1-22-20(23-10-9-14-5-7-16(25-2)8-6-14)24-13-15-11-17(21)19(27-4)18(12-15)26-3/h5-8,11-12H,9-10,13H2,1-4H3,(H2,22,23,24). The van der Waals surface area contributed by atoms with Crippen LogP contribution in [0, 0.1) is 0 Å². The van der Waals surface area contributed by atoms with E-state index in [1.165, 1.54) is 5.56 Å². The Morgan fingerprint density at radius 1 is 0.963 bits per heavy atom. The number of rotatable bonds is 8. The largest absolute Gasteiger partial charge is 0.497 e. The molecule has 0 saturated carbocycles. The third-order valence-corrected chi connectivity index (χ3v) is 4.63. The maximum atomic E-state index is 5.38. The molecule has 0 fully saturated rings. The fourth-order valence-electron chi connectivity index (χ4n) is 2.60. The predicted molar refractivity (Wildman–Crippen MR) is 112 cm³/mol. The number of hydrogen-bond acceptors (Lipinski definition) is 4. The van der Waals surface area contributed by atoms with Gasteiger partial charge >= 0.3 is 0 Å². The number of aliphatic imine (C=N–C) groups is 1. The highest BCUT2D eigenvalue weighted by Crippen LogP contribution is 2.36. The molecule has 146 valence electrons. The van der Waals surface area contributed by atoms with E-state index < -0.39 is 0 Å². The van der Waals surface area contributed by atoms with E-state index in [1.54, 1.807) is 28.4 Å². The van der Waals surface area contributed by atoms with Crippen molar-refractivity contribution in [3.8, 4) is 17.2 Å². The van der Waals surface area contributed by atoms with Crippen molar-refractivity contribution in [2.45, 2.75) is 13.0 Å². The third kappa shape index (κ3) is 6.06. The van der Waals surface area contributed by atoms with Gasteiger partial charge in [-0.2, -0.15) is 0 Å². The zero-order valence-corrected chi connectivity index (χ0v) is 17.7. The summed E-state index contributed by atoms with van der Waals surface area (Å²) in [5, 5.41) is 6.63. The molecule has 0 amide bonds. The van der Waals surface area contributed by atoms with E-state index in [9.17, 15) is 0 Å². The van der Waals surface area contributed by atoms with Crippen molar-refractivity contribution in [3.63, 3.8) is 0 Å². The maximum Gasteiger partial charge on any atom is 0.191 e. The predicted octanol–water partition coefficient (Wildman–Crippen LogP) is 3.38. The van der Waals surface area contributed by atoms with Gasteiger partial charge in [-0.3, -0.25) is 4.99 Å². The fourth-order valence-corrected chi connectivity index (χ4v) is 3.25. The summed E-state index contributed by atoms with van der Waals surface area (Å²) in [6.45, 7) is 1.39. The number of hydrogen-bond donors (Lipinski definition) is 2. The second-order valence-electron chi connectivity index (χ2n) is 5.76. The Kier molecular flexibility index (Phi) is 8.26. The molecule has 2 rings (SSSR count). The summed E-state index contributed by atoms with van der Waals surface area (Å²) in [4.78, 5) is 4.27. The Morgan fingerprint density at radius 2 is 1.70 bits per heavy atom. The lowest BCUT2D eigenvalue weighted by molar-refractivity contribution is 0.352. The number of nitrogens with zero attached hydrogens (tertiary/aromatic N) is 1. The normalized spacial score (nSPS) is 11.1. The van der Waals surface area contributed by atoms with Gasteiger partial charge in [0.2, 0.25) is 0 Å². The molecule has 0 saturated heterocycles. The SMILES string of the molecule is CN=C(NCCc1ccc(OC)cc1)NCc1cc(Br)c(OC)c(OC)c1. The molecule has 27 heavy (non-hydrogen) atoms. The van der Waals surface area contributed by atoms with Gasteiger partial charge in [0.25, 0.3) is 0 Å². The molecule has 0 aromatic heterocycles. The van der Waals surface area contributed by atoms with Crippen LogP contribution in [0.2, 0.25) is 0 Å². The van der Waals surface area contributed by atoms with Crippen molar-refractivity contribution in [1.82, 2.24) is 10.6 Å². The zero-order valence-electron chi connectivity index (χ0n) is 16.1. The lowest BCUT2D eigenvalue weighted by atomic mass is 10.1. The Labute approximate surface area is 169 Å². The molecular weight excluding hydrogens is 410 g/mol. The van der Waals surface area contributed by atoms with Crippen molar-refractivity contribution in [1.29, 1.82) is 0 Å². The summed E-state index contributed by atoms with van der Waals surface area (Å²) in [6.07, 6.45) is 0.895. The summed E-state index contributed by atoms with van der Waals surface area (Å²) in [7, 11) is 6.67. The van der Waals surface area contributed by atoms with Crippen LogP contribution in [0.1, 0.15) is 11.1 Å². The molecule has 0 radical (unpaired) electrons. The minimum Gasteiger partial charge on any atom is -0.497 e. The second kappa shape index (κ2) is 10.7. The number of ether oxygens (including phenoxy) is 3. The minimum atomic E-state index is 0.612. The van der Waals surface area contributed by atoms with Crippen LogP contribution in [0.25, 0.3) is 0 Å². The first-order chi connectivity index (χ1) is 13.1. The average molecular weight is 436 g/mol. The van der Waals surface area contributed by atoms with Crippen LogP contribution in [0.15, 0.2) is 45.9 Å². The Morgan fingerprint density at radius 3 is 2.30 bits per heavy atom. The first-order valence-electron chi connectivity index (χ1n) is 8.59. The monoisotopic (exact) mass is 435 g/mol. The molecule has 0 bridgehead atoms. The van der Waals surface area contributed by atoms with E-state index in [0.717, 1.165) is 34.7 Å². The molecule has 0 aliphatic heterocycles. The van der Waals surface area contributed by atoms with E-state index in [1.807, 2.05) is 24.3 Å². The zero-order chi connectivity index (χ0) is 19.6. The highest BCUT2D eigenvalue weighted by molar-refractivity contribution is 9.10. The number of methoxy groups -OCH3 is 3. The Hall–Kier alpha value is -2.41. The van der Waals surface area contributed by atoms with Gasteiger partial charge in [-0.15, -0.1) is 0 Å². The van der Waals surface area contributed by atoms with Crippen molar-refractivity contribution >= 4 is 21.9 Å². The van der Waals surface area contributed by atoms with Crippen molar-refractivity contribution in [3.05, 3.63) is 52.0 Å². The Bertz CT molecular complexity index is 764. The van der Waals surface area contributed by atoms with E-state index >= 15 is 0 Å². The van der Waals surface area contributed by atoms with Gasteiger partial charge in [-0.1, -0.05) is 12.1 Å². The van der Waals surface area contributed by atoms with Crippen LogP contribution in [0.5, 0.6) is 17.2 Å². The highest BCUT2D eigenvalue weighted by atomic mass is 79.9. The van der Waals surface area contributed by atoms with Crippen LogP contribution in [0.4, 0.5) is 0 Å². The van der Waals surface area contributed by atoms with Gasteiger partial charge in [-0.05, 0) is 57.7 Å². The van der Waals surface area contributed by atoms with Gasteiger partial charge in [0.15, 0.2) is 17.5 Å². The van der Waals surface area contributed by atoms with Crippen molar-refractivity contribution in [2.75, 3.05) is 34.9 Å². The average Bonchev–Trinajstić information content (AvgIpc) is 2.70. The summed E-state index contributed by atoms with van der Waals surface area (Å²) < 4.78 is 16.8. The summed E-state index contributed by atoms with van der Waals surface area (Å²) in [5.41, 5.74) is 2.29. The highest BCUT2D eigenvalue weighted by Gasteiger charge is 2.10. The summed E-state index contributed by atoms with van der Waals surface area (Å²) >= 11 is 3.51. The first-order valence-corrected chi connectivity index (χ1v) is 9.38. The van der Waals surface area contributed by atoms with Crippen LogP contribution in [-0.4, -0.2) is 40.9 Å². The maximum absolute atomic E-state index is 5.38. The number of benzene rings is 2. The molecule has 2 aromatic rings. The fraction of sp³-hybridized carbons (Fsp3) is 0.350. The van der Waals surface area contributed by atoms with Crippen LogP contribution in [-0.2, 0) is 13.0 Å². The number of halogens is 1. The van der Waals surface area contributed by atoms with E-state index in [4.69, 9.17) is 14.2 Å². The van der Waals surface area contributed by atoms with Gasteiger partial charge in [-0.25, -0.2) is 0 Å². The van der Waals surface area contributed by atoms with E-state index in [-0.39, 0.29) is 0 Å². The van der Waals surface area contributed by atoms with Crippen molar-refractivity contribution in [2.24, 2.45) is 4.99 Å². The van der Waals surface area contributed by atoms with Gasteiger partial charge in [0.05, 0.1) is 25.8 Å². The molecule has 0 spiro atoms. The molecule has 0 atom stereocenters. The van der Waals surface area contributed by atoms with Crippen LogP contribution < -0.4 is 24.8 Å². The molecule has 7 heteroatoms. The number of nitrogens with one attached hydrogen (secondary N) is 2. The lowest BCUT2D eigenvalue weighted by Crippen LogP contribution is -2.37. The second-order valence-corrected chi connectivity index (χ2v) is 6.62. The lowest BCUT2D eigenvalue weighted by Gasteiger charge is -2.15. The first kappa shape index (κ1) is 20.9. The molecule has 2 aromatic carbocycles. The van der Waals surface area contributed by atoms with Gasteiger partial charge in [0, 0.05) is 20.1 Å². The smallest absolute Gasteiger partial charge is 0.191 e. The third-order valence-electron chi connectivity index (χ3n) is 4.04. The summed E-state index contributed by atoms with van der Waals surface area (Å²) in [5.74, 6) is 2.98. The topological polar surface area (TPSA) is 64.1 Å². The molecule has 0 heterocycles. The van der Waals surface area contributed by atoms with E-state index in [0.29, 0.717) is 18.0 Å². The molecule has 2 N–H and O–H groups in total. The molecule has 0 unspecified atom stereocenters. The minimum absolute atomic E-state index is 0.612. The van der Waals surface area contributed by atoms with Crippen LogP contribution in [0.3, 0.4) is 0 Å². The summed E-state index contributed by atoms with van der Waals surface area (Å²) in [6, 6.07) is 12.0. The Balaban J connectivity index is 1.87. The molecule has 0 aliphatic carbocycles. The quantitative estimate of drug-likeness (QED) is 0.491. The van der Waals surface area contributed by atoms with Gasteiger partial charge in [0.1, 0.15) is 5.75 Å². The van der Waals surface area contributed by atoms with Crippen molar-refractivity contribution < 1.29 is 14.2 Å². The molecule has 0 aliphatic rings. The molecule has 6 nitrogen and oxygen atoms in total. The van der Waals surface area contributed by atoms with Gasteiger partial charge < -0.3 is 24.8 Å². The number of guanidine groups is 1. The van der Waals surface area contributed by atoms with E-state index in [2.05, 4.69) is 43.7 Å². The van der Waals surface area contributed by atoms with Crippen LogP contribution >= 0.6 is 15.9 Å². The molecular formula is C20H26BrN3O3.